The Morgan fingerprint density at radius 3 is 2.63 bits per heavy atom. The molecule has 0 aromatic rings. The average molecular weight is 414 g/mol. The molecule has 0 saturated carbocycles. The number of fused-ring (bicyclic) bond motifs is 1. The third-order valence-corrected chi connectivity index (χ3v) is 5.01. The summed E-state index contributed by atoms with van der Waals surface area (Å²) in [6.07, 6.45) is 12.0. The predicted octanol–water partition coefficient (Wildman–Crippen LogP) is 1.84. The van der Waals surface area contributed by atoms with Crippen LogP contribution in [0.15, 0.2) is 71.1 Å². The van der Waals surface area contributed by atoms with Crippen LogP contribution in [0.4, 0.5) is 0 Å². The molecule has 0 aromatic heterocycles. The van der Waals surface area contributed by atoms with Gasteiger partial charge in [0.2, 0.25) is 0 Å². The molecule has 160 valence electrons. The highest BCUT2D eigenvalue weighted by Gasteiger charge is 2.47. The molecule has 30 heavy (non-hydrogen) atoms. The van der Waals surface area contributed by atoms with E-state index in [0.717, 1.165) is 6.08 Å². The first-order chi connectivity index (χ1) is 14.3. The number of carbonyl (C=O) groups excluding carboxylic acids is 3. The lowest BCUT2D eigenvalue weighted by molar-refractivity contribution is -0.141. The standard InChI is InChI=1S/C23H26O7/c1-3-4-5-6-7-8-16(26)11-21(27)18(13-25)20-10-15-9-17(12-24)30-14-19(15)22(28)23(20,2)29/h3-8,10-11,13,17,19,24,27,29H,9,12,14H2,1-2H3/b4-3+,6-5+,8-7+,20-18+,21-11-/t17-,19?,23-/m0/s1. The molecule has 7 heteroatoms. The summed E-state index contributed by atoms with van der Waals surface area (Å²) < 4.78 is 5.41. The second-order valence-electron chi connectivity index (χ2n) is 7.20. The Kier molecular flexibility index (Phi) is 8.00. The van der Waals surface area contributed by atoms with Crippen LogP contribution in [-0.4, -0.2) is 58.1 Å². The van der Waals surface area contributed by atoms with Gasteiger partial charge in [-0.15, -0.1) is 0 Å². The van der Waals surface area contributed by atoms with Crippen LogP contribution in [0.5, 0.6) is 0 Å². The van der Waals surface area contributed by atoms with E-state index in [0.29, 0.717) is 11.9 Å². The van der Waals surface area contributed by atoms with Crippen LogP contribution in [0.25, 0.3) is 0 Å². The first-order valence-electron chi connectivity index (χ1n) is 9.56. The zero-order valence-corrected chi connectivity index (χ0v) is 16.9. The van der Waals surface area contributed by atoms with Crippen molar-refractivity contribution in [3.63, 3.8) is 0 Å². The van der Waals surface area contributed by atoms with Crippen LogP contribution in [0.3, 0.4) is 0 Å². The van der Waals surface area contributed by atoms with E-state index < -0.39 is 34.9 Å². The van der Waals surface area contributed by atoms with Crippen molar-refractivity contribution in [3.8, 4) is 0 Å². The lowest BCUT2D eigenvalue weighted by Gasteiger charge is -2.39. The van der Waals surface area contributed by atoms with Crippen molar-refractivity contribution in [2.45, 2.75) is 32.0 Å². The fourth-order valence-electron chi connectivity index (χ4n) is 3.37. The average Bonchev–Trinajstić information content (AvgIpc) is 2.71. The Morgan fingerprint density at radius 2 is 2.00 bits per heavy atom. The van der Waals surface area contributed by atoms with Crippen molar-refractivity contribution in [1.29, 1.82) is 0 Å². The third kappa shape index (κ3) is 5.18. The summed E-state index contributed by atoms with van der Waals surface area (Å²) in [5.74, 6) is -2.49. The first kappa shape index (κ1) is 23.4. The molecule has 0 bridgehead atoms. The van der Waals surface area contributed by atoms with Gasteiger partial charge in [0, 0.05) is 11.6 Å². The lowest BCUT2D eigenvalue weighted by atomic mass is 9.71. The fraction of sp³-hybridized carbons (Fsp3) is 0.348. The van der Waals surface area contributed by atoms with E-state index in [2.05, 4.69) is 0 Å². The maximum absolute atomic E-state index is 12.8. The highest BCUT2D eigenvalue weighted by atomic mass is 16.5. The van der Waals surface area contributed by atoms with Gasteiger partial charge in [0.1, 0.15) is 11.4 Å². The number of aliphatic hydroxyl groups excluding tert-OH is 2. The summed E-state index contributed by atoms with van der Waals surface area (Å²) in [7, 11) is 0. The van der Waals surface area contributed by atoms with Gasteiger partial charge in [0.05, 0.1) is 30.8 Å². The zero-order chi connectivity index (χ0) is 22.3. The molecular formula is C23H26O7. The molecular weight excluding hydrogens is 388 g/mol. The Hall–Kier alpha value is -2.87. The monoisotopic (exact) mass is 414 g/mol. The molecule has 1 heterocycles. The Balaban J connectivity index is 2.43. The van der Waals surface area contributed by atoms with E-state index >= 15 is 0 Å². The highest BCUT2D eigenvalue weighted by molar-refractivity contribution is 6.03. The van der Waals surface area contributed by atoms with Crippen LogP contribution in [-0.2, 0) is 19.1 Å². The summed E-state index contributed by atoms with van der Waals surface area (Å²) in [5.41, 5.74) is -1.89. The van der Waals surface area contributed by atoms with Gasteiger partial charge in [-0.05, 0) is 26.3 Å². The number of ether oxygens (including phenoxy) is 1. The summed E-state index contributed by atoms with van der Waals surface area (Å²) >= 11 is 0. The van der Waals surface area contributed by atoms with E-state index in [1.54, 1.807) is 18.2 Å². The van der Waals surface area contributed by atoms with Crippen molar-refractivity contribution in [2.75, 3.05) is 13.2 Å². The van der Waals surface area contributed by atoms with Gasteiger partial charge in [-0.2, -0.15) is 0 Å². The number of Topliss-reactive ketones (excluding diaryl/α,β-unsaturated/α-hetero) is 1. The normalized spacial score (nSPS) is 29.4. The SMILES string of the molecule is C/C=C/C=C/C=C/C(=O)/C=C(O)/C(C=O)=C1\C=C2C[C@@H](CO)OCC2C(=O)[C@@]1(C)O. The van der Waals surface area contributed by atoms with Crippen LogP contribution in [0.2, 0.25) is 0 Å². The number of aldehydes is 1. The number of allylic oxidation sites excluding steroid dienone is 8. The Bertz CT molecular complexity index is 881. The number of hydrogen-bond acceptors (Lipinski definition) is 7. The molecule has 2 aliphatic rings. The minimum absolute atomic E-state index is 0.0155. The molecule has 1 unspecified atom stereocenters. The van der Waals surface area contributed by atoms with Crippen LogP contribution < -0.4 is 0 Å². The van der Waals surface area contributed by atoms with Crippen molar-refractivity contribution in [2.24, 2.45) is 5.92 Å². The molecule has 1 fully saturated rings. The van der Waals surface area contributed by atoms with Gasteiger partial charge in [-0.1, -0.05) is 42.0 Å². The number of rotatable bonds is 7. The third-order valence-electron chi connectivity index (χ3n) is 5.01. The molecule has 1 aliphatic heterocycles. The van der Waals surface area contributed by atoms with Crippen molar-refractivity contribution < 1.29 is 34.4 Å². The van der Waals surface area contributed by atoms with Crippen molar-refractivity contribution in [1.82, 2.24) is 0 Å². The number of ketones is 2. The second-order valence-corrected chi connectivity index (χ2v) is 7.20. The molecule has 1 saturated heterocycles. The van der Waals surface area contributed by atoms with E-state index in [9.17, 15) is 29.7 Å². The number of hydrogen-bond donors (Lipinski definition) is 3. The molecule has 3 atom stereocenters. The number of aliphatic hydroxyl groups is 3. The molecule has 0 spiro atoms. The van der Waals surface area contributed by atoms with E-state index in [-0.39, 0.29) is 30.8 Å². The second kappa shape index (κ2) is 10.2. The van der Waals surface area contributed by atoms with E-state index in [1.165, 1.54) is 25.2 Å². The molecule has 0 amide bonds. The quantitative estimate of drug-likeness (QED) is 0.252. The Morgan fingerprint density at radius 1 is 1.30 bits per heavy atom. The maximum Gasteiger partial charge on any atom is 0.182 e. The molecule has 7 nitrogen and oxygen atoms in total. The van der Waals surface area contributed by atoms with Gasteiger partial charge in [0.25, 0.3) is 0 Å². The van der Waals surface area contributed by atoms with Crippen LogP contribution in [0.1, 0.15) is 20.3 Å². The summed E-state index contributed by atoms with van der Waals surface area (Å²) in [6, 6.07) is 0. The van der Waals surface area contributed by atoms with Gasteiger partial charge in [0.15, 0.2) is 17.9 Å². The van der Waals surface area contributed by atoms with Crippen molar-refractivity contribution >= 4 is 17.9 Å². The zero-order valence-electron chi connectivity index (χ0n) is 16.9. The van der Waals surface area contributed by atoms with Crippen molar-refractivity contribution in [3.05, 3.63) is 71.1 Å². The highest BCUT2D eigenvalue weighted by Crippen LogP contribution is 2.39. The van der Waals surface area contributed by atoms with E-state index in [1.807, 2.05) is 13.0 Å². The molecule has 0 radical (unpaired) electrons. The lowest BCUT2D eigenvalue weighted by Crippen LogP contribution is -2.49. The van der Waals surface area contributed by atoms with E-state index in [4.69, 9.17) is 4.74 Å². The van der Waals surface area contributed by atoms with Gasteiger partial charge < -0.3 is 20.1 Å². The Labute approximate surface area is 175 Å². The largest absolute Gasteiger partial charge is 0.507 e. The minimum atomic E-state index is -2.05. The van der Waals surface area contributed by atoms with Crippen LogP contribution >= 0.6 is 0 Å². The predicted molar refractivity (Wildman–Crippen MR) is 111 cm³/mol. The minimum Gasteiger partial charge on any atom is -0.507 e. The topological polar surface area (TPSA) is 121 Å². The fourth-order valence-corrected chi connectivity index (χ4v) is 3.37. The van der Waals surface area contributed by atoms with Crippen LogP contribution in [0, 0.1) is 5.92 Å². The molecule has 1 aliphatic carbocycles. The first-order valence-corrected chi connectivity index (χ1v) is 9.56. The summed E-state index contributed by atoms with van der Waals surface area (Å²) in [4.78, 5) is 36.5. The smallest absolute Gasteiger partial charge is 0.182 e. The summed E-state index contributed by atoms with van der Waals surface area (Å²) in [6.45, 7) is 2.87. The molecule has 3 N–H and O–H groups in total. The molecule has 2 rings (SSSR count). The summed E-state index contributed by atoms with van der Waals surface area (Å²) in [5, 5.41) is 30.5. The number of carbonyl (C=O) groups is 3. The maximum atomic E-state index is 12.8. The van der Waals surface area contributed by atoms with Gasteiger partial charge in [-0.3, -0.25) is 14.4 Å². The van der Waals surface area contributed by atoms with Gasteiger partial charge in [-0.25, -0.2) is 0 Å². The van der Waals surface area contributed by atoms with Gasteiger partial charge >= 0.3 is 0 Å². The molecule has 0 aromatic carbocycles.